The molecule has 94 valence electrons. The summed E-state index contributed by atoms with van der Waals surface area (Å²) in [6.45, 7) is 1.97. The van der Waals surface area contributed by atoms with Gasteiger partial charge in [-0.05, 0) is 31.4 Å². The number of benzene rings is 1. The van der Waals surface area contributed by atoms with Crippen molar-refractivity contribution in [3.63, 3.8) is 0 Å². The summed E-state index contributed by atoms with van der Waals surface area (Å²) in [5.74, 6) is 1.36. The normalized spacial score (nSPS) is 11.9. The minimum atomic E-state index is -0.110. The maximum atomic E-state index is 11.9. The van der Waals surface area contributed by atoms with Gasteiger partial charge in [-0.1, -0.05) is 0 Å². The maximum absolute atomic E-state index is 11.9. The first-order valence-electron chi connectivity index (χ1n) is 5.31. The van der Waals surface area contributed by atoms with Gasteiger partial charge in [0.15, 0.2) is 0 Å². The van der Waals surface area contributed by atoms with Gasteiger partial charge in [0.1, 0.15) is 5.75 Å². The zero-order valence-electron chi connectivity index (χ0n) is 10.3. The van der Waals surface area contributed by atoms with Crippen molar-refractivity contribution in [1.29, 1.82) is 0 Å². The molecular weight excluding hydrogens is 236 g/mol. The minimum absolute atomic E-state index is 0.110. The Morgan fingerprint density at radius 2 is 2.29 bits per heavy atom. The maximum Gasteiger partial charge on any atom is 0.251 e. The Morgan fingerprint density at radius 3 is 2.82 bits per heavy atom. The fraction of sp³-hybridized carbons (Fsp3) is 0.417. The molecule has 1 amide bonds. The third-order valence-electron chi connectivity index (χ3n) is 2.29. The predicted octanol–water partition coefficient (Wildman–Crippen LogP) is 1.76. The van der Waals surface area contributed by atoms with Crippen LogP contribution in [0.4, 0.5) is 5.69 Å². The number of hydrogen-bond donors (Lipinski definition) is 2. The number of carbonyl (C=O) groups excluding carboxylic acids is 1. The highest BCUT2D eigenvalue weighted by atomic mass is 32.2. The monoisotopic (exact) mass is 254 g/mol. The van der Waals surface area contributed by atoms with Crippen LogP contribution in [0.2, 0.25) is 0 Å². The molecule has 0 spiro atoms. The zero-order chi connectivity index (χ0) is 12.8. The molecule has 0 saturated carbocycles. The molecule has 0 aliphatic carbocycles. The number of amides is 1. The molecule has 1 atom stereocenters. The van der Waals surface area contributed by atoms with Gasteiger partial charge in [-0.15, -0.1) is 0 Å². The standard InChI is InChI=1S/C12H18N2O2S/c1-8(7-17-3)14-12(15)9-4-5-11(16-2)10(13)6-9/h4-6,8H,7,13H2,1-3H3,(H,14,15). The second-order valence-electron chi connectivity index (χ2n) is 3.79. The molecule has 0 saturated heterocycles. The van der Waals surface area contributed by atoms with Gasteiger partial charge in [-0.25, -0.2) is 0 Å². The summed E-state index contributed by atoms with van der Waals surface area (Å²) in [5, 5.41) is 2.91. The first kappa shape index (κ1) is 13.7. The summed E-state index contributed by atoms with van der Waals surface area (Å²) in [4.78, 5) is 11.9. The number of ether oxygens (including phenoxy) is 1. The quantitative estimate of drug-likeness (QED) is 0.786. The summed E-state index contributed by atoms with van der Waals surface area (Å²) in [5.41, 5.74) is 6.77. The Bertz CT molecular complexity index is 396. The molecule has 0 aromatic heterocycles. The fourth-order valence-corrected chi connectivity index (χ4v) is 2.06. The van der Waals surface area contributed by atoms with Crippen LogP contribution < -0.4 is 15.8 Å². The molecule has 0 aliphatic rings. The Hall–Kier alpha value is -1.36. The van der Waals surface area contributed by atoms with E-state index < -0.39 is 0 Å². The second-order valence-corrected chi connectivity index (χ2v) is 4.70. The van der Waals surface area contributed by atoms with Gasteiger partial charge in [-0.2, -0.15) is 11.8 Å². The second kappa shape index (κ2) is 6.39. The highest BCUT2D eigenvalue weighted by Crippen LogP contribution is 2.21. The van der Waals surface area contributed by atoms with E-state index >= 15 is 0 Å². The number of nitrogen functional groups attached to an aromatic ring is 1. The van der Waals surface area contributed by atoms with Crippen LogP contribution in [0.5, 0.6) is 5.75 Å². The van der Waals surface area contributed by atoms with Gasteiger partial charge in [-0.3, -0.25) is 4.79 Å². The first-order valence-corrected chi connectivity index (χ1v) is 6.71. The predicted molar refractivity (Wildman–Crippen MR) is 72.7 cm³/mol. The Kier molecular flexibility index (Phi) is 5.15. The average molecular weight is 254 g/mol. The lowest BCUT2D eigenvalue weighted by atomic mass is 10.1. The van der Waals surface area contributed by atoms with Crippen molar-refractivity contribution in [3.8, 4) is 5.75 Å². The van der Waals surface area contributed by atoms with Crippen molar-refractivity contribution in [2.24, 2.45) is 0 Å². The highest BCUT2D eigenvalue weighted by Gasteiger charge is 2.11. The molecule has 0 radical (unpaired) electrons. The zero-order valence-corrected chi connectivity index (χ0v) is 11.1. The Balaban J connectivity index is 2.72. The molecular formula is C12H18N2O2S. The number of carbonyl (C=O) groups is 1. The molecule has 1 unspecified atom stereocenters. The molecule has 1 aromatic rings. The molecule has 0 aliphatic heterocycles. The van der Waals surface area contributed by atoms with Crippen molar-refractivity contribution in [2.45, 2.75) is 13.0 Å². The summed E-state index contributed by atoms with van der Waals surface area (Å²) in [6, 6.07) is 5.17. The molecule has 3 N–H and O–H groups in total. The number of hydrogen-bond acceptors (Lipinski definition) is 4. The van der Waals surface area contributed by atoms with Crippen LogP contribution in [-0.2, 0) is 0 Å². The van der Waals surface area contributed by atoms with Gasteiger partial charge < -0.3 is 15.8 Å². The smallest absolute Gasteiger partial charge is 0.251 e. The van der Waals surface area contributed by atoms with E-state index in [1.807, 2.05) is 13.2 Å². The Labute approximate surface area is 106 Å². The lowest BCUT2D eigenvalue weighted by molar-refractivity contribution is 0.0944. The molecule has 1 aromatic carbocycles. The van der Waals surface area contributed by atoms with E-state index in [9.17, 15) is 4.79 Å². The molecule has 17 heavy (non-hydrogen) atoms. The molecule has 1 rings (SSSR count). The van der Waals surface area contributed by atoms with Gasteiger partial charge in [0, 0.05) is 17.4 Å². The summed E-state index contributed by atoms with van der Waals surface area (Å²) in [6.07, 6.45) is 2.01. The highest BCUT2D eigenvalue weighted by molar-refractivity contribution is 7.98. The van der Waals surface area contributed by atoms with E-state index in [0.717, 1.165) is 5.75 Å². The van der Waals surface area contributed by atoms with Crippen LogP contribution in [0, 0.1) is 0 Å². The van der Waals surface area contributed by atoms with E-state index in [4.69, 9.17) is 10.5 Å². The number of anilines is 1. The number of rotatable bonds is 5. The van der Waals surface area contributed by atoms with Crippen LogP contribution >= 0.6 is 11.8 Å². The number of methoxy groups -OCH3 is 1. The van der Waals surface area contributed by atoms with E-state index in [0.29, 0.717) is 17.0 Å². The van der Waals surface area contributed by atoms with Crippen molar-refractivity contribution in [3.05, 3.63) is 23.8 Å². The van der Waals surface area contributed by atoms with E-state index in [2.05, 4.69) is 5.32 Å². The SMILES string of the molecule is COc1ccc(C(=O)NC(C)CSC)cc1N. The third kappa shape index (κ3) is 3.85. The summed E-state index contributed by atoms with van der Waals surface area (Å²) in [7, 11) is 1.55. The summed E-state index contributed by atoms with van der Waals surface area (Å²) < 4.78 is 5.04. The van der Waals surface area contributed by atoms with Crippen LogP contribution in [0.25, 0.3) is 0 Å². The fourth-order valence-electron chi connectivity index (χ4n) is 1.47. The number of nitrogens with two attached hydrogens (primary N) is 1. The lowest BCUT2D eigenvalue weighted by Crippen LogP contribution is -2.34. The lowest BCUT2D eigenvalue weighted by Gasteiger charge is -2.13. The van der Waals surface area contributed by atoms with Crippen LogP contribution in [0.1, 0.15) is 17.3 Å². The van der Waals surface area contributed by atoms with Gasteiger partial charge in [0.2, 0.25) is 0 Å². The van der Waals surface area contributed by atoms with Crippen molar-refractivity contribution >= 4 is 23.4 Å². The van der Waals surface area contributed by atoms with E-state index in [1.165, 1.54) is 0 Å². The molecule has 5 heteroatoms. The van der Waals surface area contributed by atoms with Crippen LogP contribution in [0.15, 0.2) is 18.2 Å². The summed E-state index contributed by atoms with van der Waals surface area (Å²) >= 11 is 1.70. The number of thioether (sulfide) groups is 1. The van der Waals surface area contributed by atoms with Crippen molar-refractivity contribution in [2.75, 3.05) is 24.9 Å². The number of nitrogens with one attached hydrogen (secondary N) is 1. The van der Waals surface area contributed by atoms with E-state index in [1.54, 1.807) is 37.1 Å². The minimum Gasteiger partial charge on any atom is -0.495 e. The Morgan fingerprint density at radius 1 is 1.59 bits per heavy atom. The third-order valence-corrected chi connectivity index (χ3v) is 3.12. The van der Waals surface area contributed by atoms with Gasteiger partial charge in [0.05, 0.1) is 12.8 Å². The molecule has 0 heterocycles. The average Bonchev–Trinajstić information content (AvgIpc) is 2.29. The first-order chi connectivity index (χ1) is 8.08. The van der Waals surface area contributed by atoms with Gasteiger partial charge >= 0.3 is 0 Å². The largest absolute Gasteiger partial charge is 0.495 e. The van der Waals surface area contributed by atoms with Crippen molar-refractivity contribution < 1.29 is 9.53 Å². The van der Waals surface area contributed by atoms with Crippen LogP contribution in [-0.4, -0.2) is 31.1 Å². The van der Waals surface area contributed by atoms with Crippen LogP contribution in [0.3, 0.4) is 0 Å². The molecule has 0 fully saturated rings. The van der Waals surface area contributed by atoms with Gasteiger partial charge in [0.25, 0.3) is 5.91 Å². The van der Waals surface area contributed by atoms with E-state index in [-0.39, 0.29) is 11.9 Å². The molecule has 4 nitrogen and oxygen atoms in total. The van der Waals surface area contributed by atoms with Crippen molar-refractivity contribution in [1.82, 2.24) is 5.32 Å². The molecule has 0 bridgehead atoms. The topological polar surface area (TPSA) is 64.3 Å².